The van der Waals surface area contributed by atoms with Crippen molar-refractivity contribution >= 4 is 40.6 Å². The summed E-state index contributed by atoms with van der Waals surface area (Å²) in [7, 11) is 0. The maximum Gasteiger partial charge on any atom is 0.248 e. The van der Waals surface area contributed by atoms with Crippen molar-refractivity contribution in [1.29, 1.82) is 5.26 Å². The van der Waals surface area contributed by atoms with E-state index < -0.39 is 0 Å². The van der Waals surface area contributed by atoms with Gasteiger partial charge in [-0.15, -0.1) is 0 Å². The molecule has 1 aromatic carbocycles. The van der Waals surface area contributed by atoms with Crippen molar-refractivity contribution < 1.29 is 4.79 Å². The molecule has 1 N–H and O–H groups in total. The number of rotatable bonds is 3. The van der Waals surface area contributed by atoms with Gasteiger partial charge in [0.25, 0.3) is 0 Å². The summed E-state index contributed by atoms with van der Waals surface area (Å²) in [5, 5.41) is 15.6. The van der Waals surface area contributed by atoms with Gasteiger partial charge in [-0.3, -0.25) is 4.79 Å². The molecule has 1 amide bonds. The predicted molar refractivity (Wildman–Crippen MR) is 78.1 cm³/mol. The van der Waals surface area contributed by atoms with Crippen LogP contribution in [0.5, 0.6) is 0 Å². The third kappa shape index (κ3) is 3.68. The maximum absolute atomic E-state index is 11.7. The molecule has 0 fully saturated rings. The Hall–Kier alpha value is -2.09. The zero-order valence-electron chi connectivity index (χ0n) is 9.76. The van der Waals surface area contributed by atoms with Gasteiger partial charge < -0.3 is 5.32 Å². The van der Waals surface area contributed by atoms with Crippen molar-refractivity contribution in [2.24, 2.45) is 0 Å². The third-order valence-corrected chi connectivity index (χ3v) is 3.34. The van der Waals surface area contributed by atoms with E-state index in [1.54, 1.807) is 35.6 Å². The predicted octanol–water partition coefficient (Wildman–Crippen LogP) is 3.93. The summed E-state index contributed by atoms with van der Waals surface area (Å²) in [5.74, 6) is -0.244. The highest BCUT2D eigenvalue weighted by Gasteiger charge is 2.03. The van der Waals surface area contributed by atoms with Gasteiger partial charge in [-0.05, 0) is 46.7 Å². The minimum absolute atomic E-state index is 0.244. The van der Waals surface area contributed by atoms with Gasteiger partial charge in [-0.1, -0.05) is 11.6 Å². The number of benzene rings is 1. The fraction of sp³-hybridized carbons (Fsp3) is 0. The molecule has 94 valence electrons. The Morgan fingerprint density at radius 2 is 2.26 bits per heavy atom. The van der Waals surface area contributed by atoms with E-state index in [1.807, 2.05) is 22.9 Å². The van der Waals surface area contributed by atoms with Crippen LogP contribution in [0.25, 0.3) is 6.08 Å². The lowest BCUT2D eigenvalue weighted by Gasteiger charge is -2.03. The van der Waals surface area contributed by atoms with Crippen molar-refractivity contribution in [3.8, 4) is 6.07 Å². The molecule has 2 aromatic rings. The standard InChI is InChI=1S/C14H9ClN2OS/c15-13-7-12(3-2-11(13)8-16)17-14(18)4-1-10-5-6-19-9-10/h1-7,9H,(H,17,18)/b4-1+. The second-order valence-electron chi connectivity index (χ2n) is 3.69. The number of thiophene rings is 1. The number of nitriles is 1. The minimum Gasteiger partial charge on any atom is -0.322 e. The van der Waals surface area contributed by atoms with Crippen LogP contribution < -0.4 is 5.32 Å². The highest BCUT2D eigenvalue weighted by molar-refractivity contribution is 7.08. The van der Waals surface area contributed by atoms with E-state index in [2.05, 4.69) is 5.32 Å². The average molecular weight is 289 g/mol. The molecule has 1 heterocycles. The zero-order chi connectivity index (χ0) is 13.7. The molecule has 0 aliphatic heterocycles. The lowest BCUT2D eigenvalue weighted by Crippen LogP contribution is -2.07. The van der Waals surface area contributed by atoms with E-state index in [-0.39, 0.29) is 5.91 Å². The molecule has 0 atom stereocenters. The number of anilines is 1. The number of carbonyl (C=O) groups is 1. The van der Waals surface area contributed by atoms with Gasteiger partial charge in [0.15, 0.2) is 0 Å². The van der Waals surface area contributed by atoms with Crippen LogP contribution in [-0.4, -0.2) is 5.91 Å². The van der Waals surface area contributed by atoms with Crippen molar-refractivity contribution in [2.75, 3.05) is 5.32 Å². The third-order valence-electron chi connectivity index (χ3n) is 2.33. The number of hydrogen-bond donors (Lipinski definition) is 1. The van der Waals surface area contributed by atoms with Gasteiger partial charge in [-0.2, -0.15) is 16.6 Å². The highest BCUT2D eigenvalue weighted by atomic mass is 35.5. The number of nitrogens with one attached hydrogen (secondary N) is 1. The molecule has 0 unspecified atom stereocenters. The first-order chi connectivity index (χ1) is 9.19. The van der Waals surface area contributed by atoms with Gasteiger partial charge in [0, 0.05) is 11.8 Å². The van der Waals surface area contributed by atoms with Crippen LogP contribution in [0.4, 0.5) is 5.69 Å². The van der Waals surface area contributed by atoms with Gasteiger partial charge in [0.1, 0.15) is 6.07 Å². The van der Waals surface area contributed by atoms with Crippen LogP contribution >= 0.6 is 22.9 Å². The lowest BCUT2D eigenvalue weighted by atomic mass is 10.2. The highest BCUT2D eigenvalue weighted by Crippen LogP contribution is 2.20. The quantitative estimate of drug-likeness (QED) is 0.870. The van der Waals surface area contributed by atoms with Crippen LogP contribution in [-0.2, 0) is 4.79 Å². The molecule has 0 radical (unpaired) electrons. The molecule has 0 saturated heterocycles. The number of halogens is 1. The van der Waals surface area contributed by atoms with E-state index in [0.29, 0.717) is 16.3 Å². The van der Waals surface area contributed by atoms with Gasteiger partial charge in [-0.25, -0.2) is 0 Å². The molecular formula is C14H9ClN2OS. The van der Waals surface area contributed by atoms with E-state index >= 15 is 0 Å². The molecular weight excluding hydrogens is 280 g/mol. The van der Waals surface area contributed by atoms with Gasteiger partial charge in [0.05, 0.1) is 10.6 Å². The SMILES string of the molecule is N#Cc1ccc(NC(=O)/C=C/c2ccsc2)cc1Cl. The summed E-state index contributed by atoms with van der Waals surface area (Å²) in [6, 6.07) is 8.65. The lowest BCUT2D eigenvalue weighted by molar-refractivity contribution is -0.111. The Labute approximate surface area is 119 Å². The molecule has 0 spiro atoms. The molecule has 19 heavy (non-hydrogen) atoms. The monoisotopic (exact) mass is 288 g/mol. The molecule has 1 aromatic heterocycles. The Bertz CT molecular complexity index is 657. The fourth-order valence-electron chi connectivity index (χ4n) is 1.41. The van der Waals surface area contributed by atoms with Crippen molar-refractivity contribution in [3.05, 3.63) is 57.3 Å². The van der Waals surface area contributed by atoms with Gasteiger partial charge >= 0.3 is 0 Å². The van der Waals surface area contributed by atoms with Crippen molar-refractivity contribution in [2.45, 2.75) is 0 Å². The summed E-state index contributed by atoms with van der Waals surface area (Å²) in [4.78, 5) is 11.7. The van der Waals surface area contributed by atoms with Crippen LogP contribution in [0.3, 0.4) is 0 Å². The van der Waals surface area contributed by atoms with Crippen LogP contribution in [0.2, 0.25) is 5.02 Å². The smallest absolute Gasteiger partial charge is 0.248 e. The summed E-state index contributed by atoms with van der Waals surface area (Å²) in [5.41, 5.74) is 1.93. The van der Waals surface area contributed by atoms with Crippen molar-refractivity contribution in [1.82, 2.24) is 0 Å². The zero-order valence-corrected chi connectivity index (χ0v) is 11.3. The maximum atomic E-state index is 11.7. The Morgan fingerprint density at radius 3 is 2.89 bits per heavy atom. The Kier molecular flexibility index (Phi) is 4.35. The summed E-state index contributed by atoms with van der Waals surface area (Å²) >= 11 is 7.45. The molecule has 5 heteroatoms. The molecule has 3 nitrogen and oxygen atoms in total. The molecule has 0 bridgehead atoms. The molecule has 2 rings (SSSR count). The molecule has 0 aliphatic carbocycles. The first-order valence-electron chi connectivity index (χ1n) is 5.40. The van der Waals surface area contributed by atoms with E-state index in [1.165, 1.54) is 6.08 Å². The first-order valence-corrected chi connectivity index (χ1v) is 6.72. The van der Waals surface area contributed by atoms with Crippen LogP contribution in [0, 0.1) is 11.3 Å². The normalized spacial score (nSPS) is 10.3. The molecule has 0 saturated carbocycles. The molecule has 0 aliphatic rings. The number of carbonyl (C=O) groups excluding carboxylic acids is 1. The number of amides is 1. The fourth-order valence-corrected chi connectivity index (χ4v) is 2.26. The average Bonchev–Trinajstić information content (AvgIpc) is 2.90. The minimum atomic E-state index is -0.244. The van der Waals surface area contributed by atoms with Crippen molar-refractivity contribution in [3.63, 3.8) is 0 Å². The Balaban J connectivity index is 2.03. The summed E-state index contributed by atoms with van der Waals surface area (Å²) in [6.45, 7) is 0. The topological polar surface area (TPSA) is 52.9 Å². The summed E-state index contributed by atoms with van der Waals surface area (Å²) < 4.78 is 0. The Morgan fingerprint density at radius 1 is 1.42 bits per heavy atom. The van der Waals surface area contributed by atoms with Crippen LogP contribution in [0.15, 0.2) is 41.1 Å². The number of nitrogens with zero attached hydrogens (tertiary/aromatic N) is 1. The largest absolute Gasteiger partial charge is 0.322 e. The number of hydrogen-bond acceptors (Lipinski definition) is 3. The van der Waals surface area contributed by atoms with E-state index in [4.69, 9.17) is 16.9 Å². The van der Waals surface area contributed by atoms with E-state index in [9.17, 15) is 4.79 Å². The van der Waals surface area contributed by atoms with Crippen LogP contribution in [0.1, 0.15) is 11.1 Å². The van der Waals surface area contributed by atoms with E-state index in [0.717, 1.165) is 5.56 Å². The second kappa shape index (κ2) is 6.19. The first kappa shape index (κ1) is 13.3. The second-order valence-corrected chi connectivity index (χ2v) is 4.87. The van der Waals surface area contributed by atoms with Gasteiger partial charge in [0.2, 0.25) is 5.91 Å². The summed E-state index contributed by atoms with van der Waals surface area (Å²) in [6.07, 6.45) is 3.19.